The van der Waals surface area contributed by atoms with Gasteiger partial charge in [0.25, 0.3) is 5.91 Å². The van der Waals surface area contributed by atoms with Crippen molar-refractivity contribution in [1.29, 1.82) is 5.26 Å². The average molecular weight is 387 g/mol. The lowest BCUT2D eigenvalue weighted by atomic mass is 9.97. The molecule has 28 heavy (non-hydrogen) atoms. The number of amides is 1. The summed E-state index contributed by atoms with van der Waals surface area (Å²) in [5, 5.41) is 12.1. The number of aromatic nitrogens is 1. The molecule has 0 radical (unpaired) electrons. The highest BCUT2D eigenvalue weighted by molar-refractivity contribution is 7.10. The van der Waals surface area contributed by atoms with Gasteiger partial charge in [0, 0.05) is 18.1 Å². The van der Waals surface area contributed by atoms with E-state index < -0.39 is 0 Å². The summed E-state index contributed by atoms with van der Waals surface area (Å²) >= 11 is 1.39. The molecule has 0 bridgehead atoms. The van der Waals surface area contributed by atoms with Gasteiger partial charge < -0.3 is 9.64 Å². The van der Waals surface area contributed by atoms with Crippen LogP contribution in [0.5, 0.6) is 5.75 Å². The normalized spacial score (nSPS) is 15.8. The summed E-state index contributed by atoms with van der Waals surface area (Å²) in [6, 6.07) is 17.5. The smallest absolute Gasteiger partial charge is 0.265 e. The number of methoxy groups -OCH3 is 1. The Labute approximate surface area is 167 Å². The number of benzene rings is 2. The van der Waals surface area contributed by atoms with Crippen LogP contribution in [-0.2, 0) is 11.3 Å². The fraction of sp³-hybridized carbons (Fsp3) is 0.136. The topological polar surface area (TPSA) is 66.2 Å². The molecule has 1 amide bonds. The summed E-state index contributed by atoms with van der Waals surface area (Å²) in [6.45, 7) is 0.461. The van der Waals surface area contributed by atoms with Crippen molar-refractivity contribution in [3.63, 3.8) is 0 Å². The summed E-state index contributed by atoms with van der Waals surface area (Å²) in [6.07, 6.45) is 3.21. The molecule has 1 atom stereocenters. The van der Waals surface area contributed by atoms with Crippen LogP contribution in [0, 0.1) is 11.3 Å². The fourth-order valence-electron chi connectivity index (χ4n) is 3.45. The Hall–Kier alpha value is -3.43. The molecule has 0 saturated heterocycles. The van der Waals surface area contributed by atoms with Gasteiger partial charge in [0.15, 0.2) is 0 Å². The number of carbonyl (C=O) groups is 1. The van der Waals surface area contributed by atoms with Gasteiger partial charge in [0.2, 0.25) is 0 Å². The molecule has 1 aromatic heterocycles. The second-order valence-corrected chi connectivity index (χ2v) is 7.27. The number of fused-ring (bicyclic) bond motifs is 1. The number of ether oxygens (including phenoxy) is 1. The largest absolute Gasteiger partial charge is 0.497 e. The third kappa shape index (κ3) is 3.28. The number of rotatable bonds is 4. The van der Waals surface area contributed by atoms with E-state index in [1.165, 1.54) is 11.3 Å². The Kier molecular flexibility index (Phi) is 4.92. The maximum Gasteiger partial charge on any atom is 0.265 e. The maximum atomic E-state index is 13.3. The summed E-state index contributed by atoms with van der Waals surface area (Å²) in [5.41, 5.74) is 3.22. The molecule has 0 N–H and O–H groups in total. The first kappa shape index (κ1) is 18.0. The van der Waals surface area contributed by atoms with Crippen molar-refractivity contribution >= 4 is 23.3 Å². The molecule has 3 aromatic rings. The lowest BCUT2D eigenvalue weighted by Crippen LogP contribution is -2.31. The van der Waals surface area contributed by atoms with Gasteiger partial charge in [-0.3, -0.25) is 4.79 Å². The molecule has 2 heterocycles. The van der Waals surface area contributed by atoms with Crippen LogP contribution in [0.3, 0.4) is 0 Å². The summed E-state index contributed by atoms with van der Waals surface area (Å²) in [5.74, 6) is 0.462. The molecule has 0 fully saturated rings. The number of nitrogens with zero attached hydrogens (tertiary/aromatic N) is 3. The van der Waals surface area contributed by atoms with Gasteiger partial charge in [0.1, 0.15) is 22.4 Å². The standard InChI is InChI=1S/C22H17N3O2S/c1-27-18-8-6-15(7-9-18)21-19-5-3-2-4-16(19)14-25(21)22(26)17(13-23)12-20-24-10-11-28-20/h2-12,21H,14H2,1H3. The van der Waals surface area contributed by atoms with Gasteiger partial charge in [-0.25, -0.2) is 4.98 Å². The molecule has 2 aromatic carbocycles. The molecule has 5 nitrogen and oxygen atoms in total. The Balaban J connectivity index is 1.74. The van der Waals surface area contributed by atoms with E-state index in [9.17, 15) is 10.1 Å². The molecule has 4 rings (SSSR count). The van der Waals surface area contributed by atoms with Crippen LogP contribution in [0.25, 0.3) is 6.08 Å². The number of nitriles is 1. The number of hydrogen-bond acceptors (Lipinski definition) is 5. The van der Waals surface area contributed by atoms with Crippen molar-refractivity contribution in [3.8, 4) is 11.8 Å². The lowest BCUT2D eigenvalue weighted by Gasteiger charge is -2.25. The molecule has 1 unspecified atom stereocenters. The van der Waals surface area contributed by atoms with E-state index in [1.54, 1.807) is 24.3 Å². The Morgan fingerprint density at radius 1 is 1.29 bits per heavy atom. The zero-order valence-corrected chi connectivity index (χ0v) is 16.0. The minimum Gasteiger partial charge on any atom is -0.497 e. The number of carbonyl (C=O) groups excluding carboxylic acids is 1. The molecule has 0 saturated carbocycles. The first-order chi connectivity index (χ1) is 13.7. The van der Waals surface area contributed by atoms with Gasteiger partial charge in [-0.15, -0.1) is 11.3 Å². The third-order valence-electron chi connectivity index (χ3n) is 4.76. The van der Waals surface area contributed by atoms with E-state index in [1.807, 2.05) is 53.9 Å². The molecular formula is C22H17N3O2S. The predicted octanol–water partition coefficient (Wildman–Crippen LogP) is 4.19. The fourth-order valence-corrected chi connectivity index (χ4v) is 4.02. The average Bonchev–Trinajstić information content (AvgIpc) is 3.39. The van der Waals surface area contributed by atoms with Crippen molar-refractivity contribution in [3.05, 3.63) is 87.4 Å². The van der Waals surface area contributed by atoms with Crippen LogP contribution in [0.4, 0.5) is 0 Å². The maximum absolute atomic E-state index is 13.3. The van der Waals surface area contributed by atoms with Crippen molar-refractivity contribution in [2.24, 2.45) is 0 Å². The van der Waals surface area contributed by atoms with Gasteiger partial charge in [-0.2, -0.15) is 5.26 Å². The highest BCUT2D eigenvalue weighted by Crippen LogP contribution is 2.39. The molecule has 1 aliphatic rings. The van der Waals surface area contributed by atoms with E-state index in [-0.39, 0.29) is 17.5 Å². The van der Waals surface area contributed by atoms with E-state index in [0.29, 0.717) is 11.6 Å². The van der Waals surface area contributed by atoms with Crippen molar-refractivity contribution in [2.75, 3.05) is 7.11 Å². The van der Waals surface area contributed by atoms with Crippen LogP contribution in [0.2, 0.25) is 0 Å². The number of thiazole rings is 1. The minimum absolute atomic E-state index is 0.0845. The highest BCUT2D eigenvalue weighted by Gasteiger charge is 2.35. The third-order valence-corrected chi connectivity index (χ3v) is 5.49. The van der Waals surface area contributed by atoms with Crippen molar-refractivity contribution in [2.45, 2.75) is 12.6 Å². The molecule has 0 spiro atoms. The van der Waals surface area contributed by atoms with Crippen molar-refractivity contribution in [1.82, 2.24) is 9.88 Å². The van der Waals surface area contributed by atoms with E-state index in [2.05, 4.69) is 11.1 Å². The van der Waals surface area contributed by atoms with Gasteiger partial charge in [-0.1, -0.05) is 36.4 Å². The quantitative estimate of drug-likeness (QED) is 0.497. The van der Waals surface area contributed by atoms with Crippen LogP contribution in [0.1, 0.15) is 27.7 Å². The predicted molar refractivity (Wildman–Crippen MR) is 108 cm³/mol. The Morgan fingerprint density at radius 3 is 2.75 bits per heavy atom. The van der Waals surface area contributed by atoms with Gasteiger partial charge >= 0.3 is 0 Å². The molecule has 1 aliphatic heterocycles. The van der Waals surface area contributed by atoms with E-state index >= 15 is 0 Å². The lowest BCUT2D eigenvalue weighted by molar-refractivity contribution is -0.128. The van der Waals surface area contributed by atoms with Crippen LogP contribution >= 0.6 is 11.3 Å². The van der Waals surface area contributed by atoms with E-state index in [0.717, 1.165) is 22.4 Å². The van der Waals surface area contributed by atoms with E-state index in [4.69, 9.17) is 4.74 Å². The van der Waals surface area contributed by atoms with Crippen LogP contribution in [-0.4, -0.2) is 22.9 Å². The SMILES string of the molecule is COc1ccc(C2c3ccccc3CN2C(=O)C(C#N)=Cc2nccs2)cc1. The van der Waals surface area contributed by atoms with Gasteiger partial charge in [0.05, 0.1) is 13.2 Å². The summed E-state index contributed by atoms with van der Waals surface area (Å²) in [7, 11) is 1.62. The van der Waals surface area contributed by atoms with Crippen LogP contribution < -0.4 is 4.74 Å². The summed E-state index contributed by atoms with van der Waals surface area (Å²) in [4.78, 5) is 19.2. The summed E-state index contributed by atoms with van der Waals surface area (Å²) < 4.78 is 5.25. The van der Waals surface area contributed by atoms with Crippen LogP contribution in [0.15, 0.2) is 65.7 Å². The second kappa shape index (κ2) is 7.67. The monoisotopic (exact) mass is 387 g/mol. The molecular weight excluding hydrogens is 370 g/mol. The first-order valence-corrected chi connectivity index (χ1v) is 9.63. The minimum atomic E-state index is -0.297. The zero-order valence-electron chi connectivity index (χ0n) is 15.2. The van der Waals surface area contributed by atoms with Crippen molar-refractivity contribution < 1.29 is 9.53 Å². The van der Waals surface area contributed by atoms with Gasteiger partial charge in [-0.05, 0) is 34.9 Å². The highest BCUT2D eigenvalue weighted by atomic mass is 32.1. The Morgan fingerprint density at radius 2 is 2.07 bits per heavy atom. The zero-order chi connectivity index (χ0) is 19.5. The first-order valence-electron chi connectivity index (χ1n) is 8.75. The molecule has 6 heteroatoms. The number of hydrogen-bond donors (Lipinski definition) is 0. The molecule has 0 aliphatic carbocycles. The molecule has 138 valence electrons. The second-order valence-electron chi connectivity index (χ2n) is 6.35. The Bertz CT molecular complexity index is 1070.